The first kappa shape index (κ1) is 17.8. The van der Waals surface area contributed by atoms with Crippen LogP contribution >= 0.6 is 27.3 Å². The van der Waals surface area contributed by atoms with Crippen LogP contribution in [0.5, 0.6) is 5.75 Å². The van der Waals surface area contributed by atoms with Crippen LogP contribution in [0.3, 0.4) is 0 Å². The van der Waals surface area contributed by atoms with E-state index in [0.29, 0.717) is 10.6 Å². The molecule has 136 valence electrons. The van der Waals surface area contributed by atoms with Crippen LogP contribution in [-0.2, 0) is 0 Å². The molecule has 0 fully saturated rings. The van der Waals surface area contributed by atoms with Crippen molar-refractivity contribution < 1.29 is 9.53 Å². The number of aromatic nitrogens is 2. The van der Waals surface area contributed by atoms with Crippen molar-refractivity contribution in [2.75, 3.05) is 0 Å². The standard InChI is InChI=1S/C20H16BrN3O2S/c1-12(13-6-2-3-7-14(13)21)26-16-10-17(27-19(16)20(22)25)15-11-23-18-8-4-5-9-24(15)18/h2-12H,1H3,(H2,22,25)/t12-/m1/s1. The molecule has 3 aromatic heterocycles. The molecule has 7 heteroatoms. The Balaban J connectivity index is 1.73. The number of carbonyl (C=O) groups excluding carboxylic acids is 1. The predicted octanol–water partition coefficient (Wildman–Crippen LogP) is 5.06. The molecule has 0 aliphatic rings. The van der Waals surface area contributed by atoms with Gasteiger partial charge in [0.25, 0.3) is 5.91 Å². The average molecular weight is 442 g/mol. The van der Waals surface area contributed by atoms with Gasteiger partial charge < -0.3 is 10.5 Å². The largest absolute Gasteiger partial charge is 0.484 e. The van der Waals surface area contributed by atoms with Crippen LogP contribution < -0.4 is 10.5 Å². The Morgan fingerprint density at radius 1 is 1.26 bits per heavy atom. The van der Waals surface area contributed by atoms with Crippen molar-refractivity contribution in [3.63, 3.8) is 0 Å². The molecule has 0 saturated heterocycles. The van der Waals surface area contributed by atoms with Crippen LogP contribution in [0.1, 0.15) is 28.3 Å². The topological polar surface area (TPSA) is 69.6 Å². The molecule has 0 radical (unpaired) electrons. The molecule has 2 N–H and O–H groups in total. The highest BCUT2D eigenvalue weighted by Crippen LogP contribution is 2.39. The number of carbonyl (C=O) groups is 1. The average Bonchev–Trinajstić information content (AvgIpc) is 3.26. The number of imidazole rings is 1. The lowest BCUT2D eigenvalue weighted by molar-refractivity contribution is 0.0998. The number of amides is 1. The minimum Gasteiger partial charge on any atom is -0.484 e. The molecule has 0 aliphatic carbocycles. The van der Waals surface area contributed by atoms with Crippen LogP contribution in [0, 0.1) is 0 Å². The molecule has 1 aromatic carbocycles. The van der Waals surface area contributed by atoms with Crippen molar-refractivity contribution in [3.8, 4) is 16.3 Å². The summed E-state index contributed by atoms with van der Waals surface area (Å²) in [7, 11) is 0. The summed E-state index contributed by atoms with van der Waals surface area (Å²) in [5.74, 6) is -0.0222. The van der Waals surface area contributed by atoms with Crippen molar-refractivity contribution in [2.45, 2.75) is 13.0 Å². The predicted molar refractivity (Wildman–Crippen MR) is 110 cm³/mol. The number of nitrogens with zero attached hydrogens (tertiary/aromatic N) is 2. The van der Waals surface area contributed by atoms with Gasteiger partial charge in [-0.1, -0.05) is 40.2 Å². The molecule has 0 bridgehead atoms. The first-order valence-corrected chi connectivity index (χ1v) is 9.92. The van der Waals surface area contributed by atoms with E-state index in [9.17, 15) is 4.79 Å². The van der Waals surface area contributed by atoms with Gasteiger partial charge in [0.15, 0.2) is 0 Å². The number of halogens is 1. The molecule has 3 heterocycles. The van der Waals surface area contributed by atoms with Crippen LogP contribution in [-0.4, -0.2) is 15.3 Å². The first-order chi connectivity index (χ1) is 13.0. The molecular weight excluding hydrogens is 426 g/mol. The highest BCUT2D eigenvalue weighted by Gasteiger charge is 2.21. The van der Waals surface area contributed by atoms with Crippen molar-refractivity contribution in [1.82, 2.24) is 9.38 Å². The zero-order chi connectivity index (χ0) is 19.0. The van der Waals surface area contributed by atoms with E-state index in [1.54, 1.807) is 6.20 Å². The van der Waals surface area contributed by atoms with Crippen LogP contribution in [0.2, 0.25) is 0 Å². The van der Waals surface area contributed by atoms with Gasteiger partial charge in [-0.25, -0.2) is 4.98 Å². The SMILES string of the molecule is C[C@@H](Oc1cc(-c2cnc3ccccn23)sc1C(N)=O)c1ccccc1Br. The van der Waals surface area contributed by atoms with Gasteiger partial charge in [-0.2, -0.15) is 0 Å². The molecular formula is C20H16BrN3O2S. The number of primary amides is 1. The smallest absolute Gasteiger partial charge is 0.262 e. The number of hydrogen-bond acceptors (Lipinski definition) is 4. The maximum Gasteiger partial charge on any atom is 0.262 e. The number of fused-ring (bicyclic) bond motifs is 1. The Morgan fingerprint density at radius 2 is 2.04 bits per heavy atom. The third-order valence-electron chi connectivity index (χ3n) is 4.24. The quantitative estimate of drug-likeness (QED) is 0.470. The van der Waals surface area contributed by atoms with Gasteiger partial charge in [0, 0.05) is 22.3 Å². The fraction of sp³-hybridized carbons (Fsp3) is 0.100. The van der Waals surface area contributed by atoms with E-state index in [4.69, 9.17) is 10.5 Å². The maximum absolute atomic E-state index is 12.0. The Morgan fingerprint density at radius 3 is 2.81 bits per heavy atom. The zero-order valence-electron chi connectivity index (χ0n) is 14.4. The number of thiophene rings is 1. The summed E-state index contributed by atoms with van der Waals surface area (Å²) >= 11 is 4.85. The fourth-order valence-electron chi connectivity index (χ4n) is 2.93. The summed E-state index contributed by atoms with van der Waals surface area (Å²) in [4.78, 5) is 17.6. The number of rotatable bonds is 5. The van der Waals surface area contributed by atoms with E-state index in [-0.39, 0.29) is 6.10 Å². The van der Waals surface area contributed by atoms with Crippen LogP contribution in [0.15, 0.2) is 65.4 Å². The Bertz CT molecular complexity index is 1140. The fourth-order valence-corrected chi connectivity index (χ4v) is 4.49. The van der Waals surface area contributed by atoms with Gasteiger partial charge in [0.1, 0.15) is 22.4 Å². The van der Waals surface area contributed by atoms with E-state index in [2.05, 4.69) is 20.9 Å². The van der Waals surface area contributed by atoms with Gasteiger partial charge >= 0.3 is 0 Å². The van der Waals surface area contributed by atoms with Gasteiger partial charge in [0.2, 0.25) is 0 Å². The molecule has 27 heavy (non-hydrogen) atoms. The third kappa shape index (κ3) is 3.36. The monoisotopic (exact) mass is 441 g/mol. The number of ether oxygens (including phenoxy) is 1. The molecule has 0 spiro atoms. The molecule has 1 atom stereocenters. The second kappa shape index (κ2) is 7.17. The normalized spacial score (nSPS) is 12.2. The Hall–Kier alpha value is -2.64. The lowest BCUT2D eigenvalue weighted by Crippen LogP contribution is -2.12. The van der Waals surface area contributed by atoms with Crippen molar-refractivity contribution in [3.05, 3.63) is 75.8 Å². The Labute approximate surface area is 168 Å². The maximum atomic E-state index is 12.0. The second-order valence-corrected chi connectivity index (χ2v) is 7.93. The minimum atomic E-state index is -0.505. The molecule has 4 rings (SSSR count). The van der Waals surface area contributed by atoms with E-state index in [1.807, 2.05) is 66.1 Å². The number of hydrogen-bond donors (Lipinski definition) is 1. The molecule has 0 saturated carbocycles. The van der Waals surface area contributed by atoms with Crippen molar-refractivity contribution in [2.24, 2.45) is 5.73 Å². The van der Waals surface area contributed by atoms with E-state index < -0.39 is 5.91 Å². The Kier molecular flexibility index (Phi) is 4.72. The second-order valence-electron chi connectivity index (χ2n) is 6.02. The highest BCUT2D eigenvalue weighted by molar-refractivity contribution is 9.10. The van der Waals surface area contributed by atoms with Crippen molar-refractivity contribution in [1.29, 1.82) is 0 Å². The third-order valence-corrected chi connectivity index (χ3v) is 6.11. The molecule has 5 nitrogen and oxygen atoms in total. The first-order valence-electron chi connectivity index (χ1n) is 8.32. The van der Waals surface area contributed by atoms with Gasteiger partial charge in [0.05, 0.1) is 16.8 Å². The van der Waals surface area contributed by atoms with E-state index >= 15 is 0 Å². The summed E-state index contributed by atoms with van der Waals surface area (Å²) in [6, 6.07) is 15.5. The molecule has 0 unspecified atom stereocenters. The summed E-state index contributed by atoms with van der Waals surface area (Å²) in [6.45, 7) is 1.94. The van der Waals surface area contributed by atoms with Crippen molar-refractivity contribution >= 4 is 38.8 Å². The summed E-state index contributed by atoms with van der Waals surface area (Å²) < 4.78 is 9.04. The van der Waals surface area contributed by atoms with Gasteiger partial charge in [-0.15, -0.1) is 11.3 Å². The minimum absolute atomic E-state index is 0.247. The lowest BCUT2D eigenvalue weighted by atomic mass is 10.1. The van der Waals surface area contributed by atoms with E-state index in [1.165, 1.54) is 11.3 Å². The summed E-state index contributed by atoms with van der Waals surface area (Å²) in [6.07, 6.45) is 3.47. The van der Waals surface area contributed by atoms with Crippen LogP contribution in [0.25, 0.3) is 16.2 Å². The lowest BCUT2D eigenvalue weighted by Gasteiger charge is -2.16. The number of pyridine rings is 1. The van der Waals surface area contributed by atoms with E-state index in [0.717, 1.165) is 26.3 Å². The van der Waals surface area contributed by atoms with Gasteiger partial charge in [-0.05, 0) is 25.1 Å². The molecule has 0 aliphatic heterocycles. The zero-order valence-corrected chi connectivity index (χ0v) is 16.8. The number of benzene rings is 1. The highest BCUT2D eigenvalue weighted by atomic mass is 79.9. The van der Waals surface area contributed by atoms with Crippen LogP contribution in [0.4, 0.5) is 0 Å². The molecule has 1 amide bonds. The molecule has 4 aromatic rings. The van der Waals surface area contributed by atoms with Gasteiger partial charge in [-0.3, -0.25) is 9.20 Å². The number of nitrogens with two attached hydrogens (primary N) is 1. The summed E-state index contributed by atoms with van der Waals surface area (Å²) in [5.41, 5.74) is 8.32. The summed E-state index contributed by atoms with van der Waals surface area (Å²) in [5, 5.41) is 0.